The van der Waals surface area contributed by atoms with Gasteiger partial charge in [-0.25, -0.2) is 0 Å². The van der Waals surface area contributed by atoms with Gasteiger partial charge in [-0.1, -0.05) is 17.7 Å². The van der Waals surface area contributed by atoms with E-state index < -0.39 is 5.92 Å². The van der Waals surface area contributed by atoms with E-state index in [9.17, 15) is 9.59 Å². The fourth-order valence-electron chi connectivity index (χ4n) is 3.31. The van der Waals surface area contributed by atoms with E-state index in [1.807, 2.05) is 13.0 Å². The Bertz CT molecular complexity index is 915. The largest absolute Gasteiger partial charge is 0.486 e. The van der Waals surface area contributed by atoms with Crippen LogP contribution in [-0.2, 0) is 9.59 Å². The van der Waals surface area contributed by atoms with Crippen LogP contribution in [0.25, 0.3) is 0 Å². The molecule has 0 unspecified atom stereocenters. The maximum atomic E-state index is 12.7. The first-order valence-electron chi connectivity index (χ1n) is 8.79. The van der Waals surface area contributed by atoms with E-state index in [0.29, 0.717) is 47.7 Å². The molecule has 0 aliphatic carbocycles. The quantitative estimate of drug-likeness (QED) is 0.877. The third-order valence-electron chi connectivity index (χ3n) is 4.86. The number of fused-ring (bicyclic) bond motifs is 1. The number of carbonyl (C=O) groups is 2. The summed E-state index contributed by atoms with van der Waals surface area (Å²) in [5.41, 5.74) is 2.18. The van der Waals surface area contributed by atoms with Gasteiger partial charge < -0.3 is 19.7 Å². The maximum absolute atomic E-state index is 12.7. The van der Waals surface area contributed by atoms with Crippen molar-refractivity contribution in [1.82, 2.24) is 0 Å². The molecule has 2 aliphatic heterocycles. The van der Waals surface area contributed by atoms with E-state index in [2.05, 4.69) is 5.32 Å². The summed E-state index contributed by atoms with van der Waals surface area (Å²) >= 11 is 6.11. The van der Waals surface area contributed by atoms with Gasteiger partial charge in [0, 0.05) is 35.4 Å². The molecule has 2 amide bonds. The summed E-state index contributed by atoms with van der Waals surface area (Å²) in [5, 5.41) is 3.48. The minimum Gasteiger partial charge on any atom is -0.486 e. The molecule has 0 aromatic heterocycles. The van der Waals surface area contributed by atoms with Crippen molar-refractivity contribution in [3.05, 3.63) is 47.0 Å². The van der Waals surface area contributed by atoms with Gasteiger partial charge >= 0.3 is 0 Å². The Balaban J connectivity index is 1.49. The lowest BCUT2D eigenvalue weighted by Gasteiger charge is -2.22. The molecule has 0 bridgehead atoms. The Labute approximate surface area is 162 Å². The highest BCUT2D eigenvalue weighted by Gasteiger charge is 2.35. The van der Waals surface area contributed by atoms with Crippen molar-refractivity contribution in [1.29, 1.82) is 0 Å². The number of anilines is 2. The van der Waals surface area contributed by atoms with Crippen molar-refractivity contribution < 1.29 is 19.1 Å². The Morgan fingerprint density at radius 3 is 2.78 bits per heavy atom. The lowest BCUT2D eigenvalue weighted by Crippen LogP contribution is -2.28. The van der Waals surface area contributed by atoms with Gasteiger partial charge in [0.2, 0.25) is 11.8 Å². The summed E-state index contributed by atoms with van der Waals surface area (Å²) in [6, 6.07) is 10.7. The van der Waals surface area contributed by atoms with Crippen molar-refractivity contribution in [2.45, 2.75) is 13.3 Å². The minimum absolute atomic E-state index is 0.0883. The number of hydrogen-bond donors (Lipinski definition) is 1. The molecule has 6 nitrogen and oxygen atoms in total. The molecule has 0 radical (unpaired) electrons. The van der Waals surface area contributed by atoms with Crippen LogP contribution in [0.5, 0.6) is 11.5 Å². The van der Waals surface area contributed by atoms with Gasteiger partial charge in [-0.15, -0.1) is 0 Å². The van der Waals surface area contributed by atoms with Gasteiger partial charge in [-0.05, 0) is 36.8 Å². The van der Waals surface area contributed by atoms with Crippen molar-refractivity contribution in [3.8, 4) is 11.5 Å². The van der Waals surface area contributed by atoms with Crippen molar-refractivity contribution in [2.24, 2.45) is 5.92 Å². The van der Waals surface area contributed by atoms with Gasteiger partial charge in [0.15, 0.2) is 11.5 Å². The molecule has 1 fully saturated rings. The van der Waals surface area contributed by atoms with Crippen LogP contribution in [0, 0.1) is 12.8 Å². The molecule has 140 valence electrons. The molecule has 7 heteroatoms. The van der Waals surface area contributed by atoms with E-state index in [-0.39, 0.29) is 18.2 Å². The number of ether oxygens (including phenoxy) is 2. The molecular weight excluding hydrogens is 368 g/mol. The molecule has 0 saturated carbocycles. The zero-order chi connectivity index (χ0) is 19.0. The number of amides is 2. The fourth-order valence-corrected chi connectivity index (χ4v) is 3.48. The van der Waals surface area contributed by atoms with Crippen LogP contribution < -0.4 is 19.7 Å². The number of carbonyl (C=O) groups excluding carboxylic acids is 2. The summed E-state index contributed by atoms with van der Waals surface area (Å²) in [7, 11) is 0. The summed E-state index contributed by atoms with van der Waals surface area (Å²) < 4.78 is 11.1. The van der Waals surface area contributed by atoms with E-state index in [1.54, 1.807) is 35.2 Å². The molecule has 2 aromatic carbocycles. The van der Waals surface area contributed by atoms with E-state index in [4.69, 9.17) is 21.1 Å². The summed E-state index contributed by atoms with van der Waals surface area (Å²) in [4.78, 5) is 26.8. The van der Waals surface area contributed by atoms with Crippen LogP contribution in [-0.4, -0.2) is 31.6 Å². The SMILES string of the molecule is Cc1c(Cl)cccc1NC(=O)[C@@H]1CC(=O)N(c2ccc3c(c2)OCCO3)C1. The zero-order valence-corrected chi connectivity index (χ0v) is 15.6. The third kappa shape index (κ3) is 3.45. The van der Waals surface area contributed by atoms with Crippen molar-refractivity contribution in [2.75, 3.05) is 30.0 Å². The van der Waals surface area contributed by atoms with Gasteiger partial charge in [-0.3, -0.25) is 9.59 Å². The average molecular weight is 387 g/mol. The highest BCUT2D eigenvalue weighted by molar-refractivity contribution is 6.31. The van der Waals surface area contributed by atoms with Crippen LogP contribution in [0.2, 0.25) is 5.02 Å². The van der Waals surface area contributed by atoms with E-state index in [0.717, 1.165) is 5.56 Å². The molecule has 4 rings (SSSR count). The smallest absolute Gasteiger partial charge is 0.229 e. The number of benzene rings is 2. The van der Waals surface area contributed by atoms with E-state index in [1.165, 1.54) is 0 Å². The number of halogens is 1. The van der Waals surface area contributed by atoms with Crippen LogP contribution in [0.3, 0.4) is 0 Å². The highest BCUT2D eigenvalue weighted by atomic mass is 35.5. The van der Waals surface area contributed by atoms with Gasteiger partial charge in [0.25, 0.3) is 0 Å². The lowest BCUT2D eigenvalue weighted by atomic mass is 10.1. The first-order chi connectivity index (χ1) is 13.0. The first kappa shape index (κ1) is 17.7. The molecule has 2 aliphatic rings. The fraction of sp³-hybridized carbons (Fsp3) is 0.300. The molecule has 27 heavy (non-hydrogen) atoms. The molecule has 1 saturated heterocycles. The second-order valence-electron chi connectivity index (χ2n) is 6.63. The lowest BCUT2D eigenvalue weighted by molar-refractivity contribution is -0.122. The maximum Gasteiger partial charge on any atom is 0.229 e. The Kier molecular flexibility index (Phi) is 4.66. The number of nitrogens with zero attached hydrogens (tertiary/aromatic N) is 1. The number of nitrogens with one attached hydrogen (secondary N) is 1. The topological polar surface area (TPSA) is 67.9 Å². The molecule has 2 heterocycles. The Hall–Kier alpha value is -2.73. The normalized spacial score (nSPS) is 18.5. The van der Waals surface area contributed by atoms with Gasteiger partial charge in [-0.2, -0.15) is 0 Å². The second kappa shape index (κ2) is 7.12. The first-order valence-corrected chi connectivity index (χ1v) is 9.17. The highest BCUT2D eigenvalue weighted by Crippen LogP contribution is 2.36. The minimum atomic E-state index is -0.427. The Morgan fingerprint density at radius 2 is 1.96 bits per heavy atom. The molecular formula is C20H19ClN2O4. The van der Waals surface area contributed by atoms with Crippen LogP contribution in [0.1, 0.15) is 12.0 Å². The monoisotopic (exact) mass is 386 g/mol. The predicted octanol–water partition coefficient (Wildman–Crippen LogP) is 3.41. The molecule has 1 N–H and O–H groups in total. The van der Waals surface area contributed by atoms with Crippen molar-refractivity contribution in [3.63, 3.8) is 0 Å². The van der Waals surface area contributed by atoms with Crippen LogP contribution in [0.4, 0.5) is 11.4 Å². The third-order valence-corrected chi connectivity index (χ3v) is 5.27. The Morgan fingerprint density at radius 1 is 1.19 bits per heavy atom. The molecule has 2 aromatic rings. The van der Waals surface area contributed by atoms with Crippen molar-refractivity contribution >= 4 is 34.8 Å². The molecule has 1 atom stereocenters. The van der Waals surface area contributed by atoms with Crippen LogP contribution in [0.15, 0.2) is 36.4 Å². The van der Waals surface area contributed by atoms with Crippen LogP contribution >= 0.6 is 11.6 Å². The summed E-state index contributed by atoms with van der Waals surface area (Å²) in [6.07, 6.45) is 0.167. The predicted molar refractivity (Wildman–Crippen MR) is 103 cm³/mol. The van der Waals surface area contributed by atoms with E-state index >= 15 is 0 Å². The summed E-state index contributed by atoms with van der Waals surface area (Å²) in [5.74, 6) is 0.587. The number of rotatable bonds is 3. The second-order valence-corrected chi connectivity index (χ2v) is 7.04. The van der Waals surface area contributed by atoms with Gasteiger partial charge in [0.05, 0.1) is 5.92 Å². The number of hydrogen-bond acceptors (Lipinski definition) is 4. The zero-order valence-electron chi connectivity index (χ0n) is 14.8. The molecule has 0 spiro atoms. The standard InChI is InChI=1S/C20H19ClN2O4/c1-12-15(21)3-2-4-16(12)22-20(25)13-9-19(24)23(11-13)14-5-6-17-18(10-14)27-8-7-26-17/h2-6,10,13H,7-9,11H2,1H3,(H,22,25)/t13-/m1/s1. The summed E-state index contributed by atoms with van der Waals surface area (Å²) in [6.45, 7) is 3.16. The average Bonchev–Trinajstić information content (AvgIpc) is 3.07. The van der Waals surface area contributed by atoms with Gasteiger partial charge in [0.1, 0.15) is 13.2 Å².